The Morgan fingerprint density at radius 1 is 1.24 bits per heavy atom. The Bertz CT molecular complexity index is 788. The van der Waals surface area contributed by atoms with Crippen molar-refractivity contribution in [3.63, 3.8) is 0 Å². The van der Waals surface area contributed by atoms with Gasteiger partial charge in [-0.05, 0) is 26.0 Å². The van der Waals surface area contributed by atoms with Crippen LogP contribution in [-0.2, 0) is 24.4 Å². The zero-order chi connectivity index (χ0) is 18.0. The first kappa shape index (κ1) is 17.0. The molecule has 25 heavy (non-hydrogen) atoms. The van der Waals surface area contributed by atoms with Crippen LogP contribution >= 0.6 is 0 Å². The van der Waals surface area contributed by atoms with Crippen molar-refractivity contribution in [1.82, 2.24) is 30.2 Å². The number of hydrogen-bond acceptors (Lipinski definition) is 6. The third kappa shape index (κ3) is 3.66. The smallest absolute Gasteiger partial charge is 0.325 e. The van der Waals surface area contributed by atoms with Gasteiger partial charge in [0.2, 0.25) is 0 Å². The van der Waals surface area contributed by atoms with Gasteiger partial charge in [-0.15, -0.1) is 5.10 Å². The predicted octanol–water partition coefficient (Wildman–Crippen LogP) is 0.409. The molecule has 3 amide bonds. The van der Waals surface area contributed by atoms with Crippen molar-refractivity contribution in [3.8, 4) is 0 Å². The molecule has 9 nitrogen and oxygen atoms in total. The molecule has 0 saturated carbocycles. The van der Waals surface area contributed by atoms with E-state index in [0.29, 0.717) is 17.1 Å². The first-order valence-electron chi connectivity index (χ1n) is 8.06. The molecule has 0 spiro atoms. The maximum Gasteiger partial charge on any atom is 0.325 e. The number of carbonyl (C=O) groups excluding carboxylic acids is 2. The standard InChI is InChI=1S/C16H20N6O3/c1-10(2)22-8-13(19-20-22)6-14-15(24)21(16(25)18-14)7-11-4-3-5-12(9-23)17-11/h3-5,8,10,14,23H,6-7,9H2,1-2H3,(H,18,25). The van der Waals surface area contributed by atoms with Gasteiger partial charge in [-0.3, -0.25) is 14.7 Å². The van der Waals surface area contributed by atoms with Gasteiger partial charge in [0.15, 0.2) is 0 Å². The Morgan fingerprint density at radius 2 is 2.00 bits per heavy atom. The summed E-state index contributed by atoms with van der Waals surface area (Å²) < 4.78 is 1.71. The van der Waals surface area contributed by atoms with Gasteiger partial charge in [0.25, 0.3) is 5.91 Å². The second kappa shape index (κ2) is 6.98. The summed E-state index contributed by atoms with van der Waals surface area (Å²) in [4.78, 5) is 30.0. The molecule has 1 aliphatic heterocycles. The Kier molecular flexibility index (Phi) is 4.75. The van der Waals surface area contributed by atoms with Gasteiger partial charge >= 0.3 is 6.03 Å². The van der Waals surface area contributed by atoms with E-state index in [9.17, 15) is 9.59 Å². The molecule has 1 unspecified atom stereocenters. The highest BCUT2D eigenvalue weighted by Crippen LogP contribution is 2.15. The van der Waals surface area contributed by atoms with E-state index in [-0.39, 0.29) is 31.5 Å². The van der Waals surface area contributed by atoms with Crippen LogP contribution in [0.5, 0.6) is 0 Å². The number of carbonyl (C=O) groups is 2. The van der Waals surface area contributed by atoms with E-state index < -0.39 is 12.1 Å². The maximum atomic E-state index is 12.5. The summed E-state index contributed by atoms with van der Waals surface area (Å²) >= 11 is 0. The normalized spacial score (nSPS) is 17.4. The van der Waals surface area contributed by atoms with Crippen molar-refractivity contribution in [3.05, 3.63) is 41.5 Å². The minimum atomic E-state index is -0.661. The van der Waals surface area contributed by atoms with Crippen LogP contribution in [0, 0.1) is 0 Å². The number of amides is 3. The molecule has 0 radical (unpaired) electrons. The Hall–Kier alpha value is -2.81. The summed E-state index contributed by atoms with van der Waals surface area (Å²) in [5.74, 6) is -0.319. The summed E-state index contributed by atoms with van der Waals surface area (Å²) in [5, 5.41) is 19.9. The lowest BCUT2D eigenvalue weighted by Gasteiger charge is -2.12. The number of nitrogens with zero attached hydrogens (tertiary/aromatic N) is 5. The van der Waals surface area contributed by atoms with Gasteiger partial charge in [0.05, 0.1) is 30.2 Å². The van der Waals surface area contributed by atoms with Crippen LogP contribution < -0.4 is 5.32 Å². The molecule has 3 rings (SSSR count). The fourth-order valence-electron chi connectivity index (χ4n) is 2.60. The van der Waals surface area contributed by atoms with E-state index in [0.717, 1.165) is 4.90 Å². The van der Waals surface area contributed by atoms with Crippen molar-refractivity contribution in [1.29, 1.82) is 0 Å². The summed E-state index contributed by atoms with van der Waals surface area (Å²) in [5.41, 5.74) is 1.68. The van der Waals surface area contributed by atoms with Crippen LogP contribution in [0.1, 0.15) is 37.0 Å². The molecular formula is C16H20N6O3. The molecule has 2 aromatic heterocycles. The van der Waals surface area contributed by atoms with E-state index in [4.69, 9.17) is 5.11 Å². The highest BCUT2D eigenvalue weighted by atomic mass is 16.3. The molecule has 1 atom stereocenters. The van der Waals surface area contributed by atoms with E-state index >= 15 is 0 Å². The van der Waals surface area contributed by atoms with Gasteiger partial charge in [0.1, 0.15) is 6.04 Å². The highest BCUT2D eigenvalue weighted by Gasteiger charge is 2.38. The quantitative estimate of drug-likeness (QED) is 0.734. The molecule has 3 heterocycles. The minimum Gasteiger partial charge on any atom is -0.390 e. The Balaban J connectivity index is 1.68. The number of nitrogens with one attached hydrogen (secondary N) is 1. The predicted molar refractivity (Wildman–Crippen MR) is 87.1 cm³/mol. The van der Waals surface area contributed by atoms with Crippen LogP contribution in [-0.4, -0.2) is 48.0 Å². The number of aliphatic hydroxyl groups is 1. The summed E-state index contributed by atoms with van der Waals surface area (Å²) in [6.07, 6.45) is 2.07. The molecule has 2 aromatic rings. The largest absolute Gasteiger partial charge is 0.390 e. The average Bonchev–Trinajstić information content (AvgIpc) is 3.16. The molecular weight excluding hydrogens is 324 g/mol. The van der Waals surface area contributed by atoms with Gasteiger partial charge in [-0.1, -0.05) is 11.3 Å². The SMILES string of the molecule is CC(C)n1cc(CC2NC(=O)N(Cc3cccc(CO)n3)C2=O)nn1. The maximum absolute atomic E-state index is 12.5. The Labute approximate surface area is 144 Å². The van der Waals surface area contributed by atoms with Crippen molar-refractivity contribution in [2.45, 2.75) is 45.5 Å². The Morgan fingerprint density at radius 3 is 2.68 bits per heavy atom. The van der Waals surface area contributed by atoms with E-state index in [1.54, 1.807) is 29.1 Å². The number of rotatable bonds is 6. The van der Waals surface area contributed by atoms with Gasteiger partial charge in [-0.25, -0.2) is 9.48 Å². The summed E-state index contributed by atoms with van der Waals surface area (Å²) in [6, 6.07) is 4.18. The second-order valence-electron chi connectivity index (χ2n) is 6.19. The number of aromatic nitrogens is 4. The highest BCUT2D eigenvalue weighted by molar-refractivity contribution is 6.04. The van der Waals surface area contributed by atoms with Crippen molar-refractivity contribution < 1.29 is 14.7 Å². The second-order valence-corrected chi connectivity index (χ2v) is 6.19. The molecule has 1 fully saturated rings. The topological polar surface area (TPSA) is 113 Å². The third-order valence-corrected chi connectivity index (χ3v) is 3.95. The third-order valence-electron chi connectivity index (χ3n) is 3.95. The zero-order valence-corrected chi connectivity index (χ0v) is 14.1. The molecule has 132 valence electrons. The van der Waals surface area contributed by atoms with Crippen LogP contribution in [0.15, 0.2) is 24.4 Å². The molecule has 0 bridgehead atoms. The molecule has 1 saturated heterocycles. The number of urea groups is 1. The first-order chi connectivity index (χ1) is 12.0. The van der Waals surface area contributed by atoms with Crippen LogP contribution in [0.4, 0.5) is 4.79 Å². The molecule has 2 N–H and O–H groups in total. The van der Waals surface area contributed by atoms with E-state index in [1.165, 1.54) is 0 Å². The van der Waals surface area contributed by atoms with Crippen LogP contribution in [0.25, 0.3) is 0 Å². The first-order valence-corrected chi connectivity index (χ1v) is 8.06. The van der Waals surface area contributed by atoms with Gasteiger partial charge < -0.3 is 10.4 Å². The van der Waals surface area contributed by atoms with Crippen molar-refractivity contribution in [2.24, 2.45) is 0 Å². The van der Waals surface area contributed by atoms with Gasteiger partial charge in [-0.2, -0.15) is 0 Å². The van der Waals surface area contributed by atoms with E-state index in [2.05, 4.69) is 20.6 Å². The number of imide groups is 1. The van der Waals surface area contributed by atoms with Crippen LogP contribution in [0.3, 0.4) is 0 Å². The summed E-state index contributed by atoms with van der Waals surface area (Å²) in [6.45, 7) is 3.84. The lowest BCUT2D eigenvalue weighted by molar-refractivity contribution is -0.127. The molecule has 1 aliphatic rings. The lowest BCUT2D eigenvalue weighted by Crippen LogP contribution is -2.32. The fourth-order valence-corrected chi connectivity index (χ4v) is 2.60. The monoisotopic (exact) mass is 344 g/mol. The number of aliphatic hydroxyl groups excluding tert-OH is 1. The molecule has 0 aliphatic carbocycles. The van der Waals surface area contributed by atoms with Crippen LogP contribution in [0.2, 0.25) is 0 Å². The van der Waals surface area contributed by atoms with Crippen molar-refractivity contribution >= 4 is 11.9 Å². The zero-order valence-electron chi connectivity index (χ0n) is 14.1. The van der Waals surface area contributed by atoms with Gasteiger partial charge in [0, 0.05) is 18.7 Å². The van der Waals surface area contributed by atoms with Crippen molar-refractivity contribution in [2.75, 3.05) is 0 Å². The molecule has 9 heteroatoms. The number of hydrogen-bond donors (Lipinski definition) is 2. The average molecular weight is 344 g/mol. The van der Waals surface area contributed by atoms with E-state index in [1.807, 2.05) is 13.8 Å². The molecule has 0 aromatic carbocycles. The summed E-state index contributed by atoms with van der Waals surface area (Å²) in [7, 11) is 0. The number of pyridine rings is 1. The lowest BCUT2D eigenvalue weighted by atomic mass is 10.1. The fraction of sp³-hybridized carbons (Fsp3) is 0.438. The minimum absolute atomic E-state index is 0.0632.